The van der Waals surface area contributed by atoms with Gasteiger partial charge >= 0.3 is 0 Å². The third-order valence-corrected chi connectivity index (χ3v) is 3.30. The third-order valence-electron chi connectivity index (χ3n) is 2.56. The van der Waals surface area contributed by atoms with E-state index >= 15 is 0 Å². The van der Waals surface area contributed by atoms with Crippen LogP contribution in [-0.4, -0.2) is 25.3 Å². The number of halogens is 2. The number of ether oxygens (including phenoxy) is 2. The lowest BCUT2D eigenvalue weighted by Gasteiger charge is -2.18. The van der Waals surface area contributed by atoms with Crippen LogP contribution in [0.25, 0.3) is 0 Å². The van der Waals surface area contributed by atoms with E-state index in [1.165, 1.54) is 6.07 Å². The highest BCUT2D eigenvalue weighted by Crippen LogP contribution is 2.27. The van der Waals surface area contributed by atoms with Crippen LogP contribution in [0, 0.1) is 11.3 Å². The van der Waals surface area contributed by atoms with Crippen LogP contribution in [-0.2, 0) is 14.3 Å². The number of nitriles is 1. The van der Waals surface area contributed by atoms with Gasteiger partial charge in [-0.2, -0.15) is 5.26 Å². The molecule has 0 unspecified atom stereocenters. The number of carbonyl (C=O) groups is 1. The molecule has 1 rings (SSSR count). The maximum Gasteiger partial charge on any atom is 0.219 e. The summed E-state index contributed by atoms with van der Waals surface area (Å²) in [5.74, 6) is -1.46. The van der Waals surface area contributed by atoms with Gasteiger partial charge in [0.25, 0.3) is 0 Å². The molecule has 0 aliphatic heterocycles. The Hall–Kier alpha value is -1.12. The Kier molecular flexibility index (Phi) is 6.97. The van der Waals surface area contributed by atoms with Crippen molar-refractivity contribution in [3.05, 3.63) is 33.8 Å². The summed E-state index contributed by atoms with van der Waals surface area (Å²) in [6.07, 6.45) is -1.05. The van der Waals surface area contributed by atoms with Gasteiger partial charge in [0.1, 0.15) is 5.92 Å². The minimum atomic E-state index is -1.05. The molecule has 0 N–H and O–H groups in total. The van der Waals surface area contributed by atoms with Crippen LogP contribution in [0.5, 0.6) is 0 Å². The third kappa shape index (κ3) is 4.19. The molecule has 1 aromatic carbocycles. The molecular formula is C14H15Cl2NO3. The number of carbonyl (C=O) groups excluding carboxylic acids is 1. The Morgan fingerprint density at radius 3 is 2.30 bits per heavy atom. The minimum Gasteiger partial charge on any atom is -0.346 e. The second-order valence-electron chi connectivity index (χ2n) is 3.88. The maximum atomic E-state index is 12.3. The molecule has 4 nitrogen and oxygen atoms in total. The lowest BCUT2D eigenvalue weighted by Crippen LogP contribution is -2.31. The van der Waals surface area contributed by atoms with Gasteiger partial charge in [-0.25, -0.2) is 0 Å². The van der Waals surface area contributed by atoms with E-state index in [9.17, 15) is 10.1 Å². The van der Waals surface area contributed by atoms with Crippen LogP contribution in [0.3, 0.4) is 0 Å². The van der Waals surface area contributed by atoms with Crippen LogP contribution >= 0.6 is 23.2 Å². The first-order valence-corrected chi connectivity index (χ1v) is 6.92. The van der Waals surface area contributed by atoms with Crippen molar-refractivity contribution in [1.29, 1.82) is 5.26 Å². The van der Waals surface area contributed by atoms with Crippen molar-refractivity contribution >= 4 is 29.0 Å². The molecule has 20 heavy (non-hydrogen) atoms. The molecule has 0 saturated carbocycles. The summed E-state index contributed by atoms with van der Waals surface area (Å²) in [6.45, 7) is 4.13. The Balaban J connectivity index is 3.02. The summed E-state index contributed by atoms with van der Waals surface area (Å²) >= 11 is 11.7. The smallest absolute Gasteiger partial charge is 0.219 e. The molecule has 0 heterocycles. The van der Waals surface area contributed by atoms with Gasteiger partial charge in [-0.15, -0.1) is 0 Å². The number of Topliss-reactive ketones (excluding diaryl/α,β-unsaturated/α-hetero) is 1. The molecule has 0 amide bonds. The summed E-state index contributed by atoms with van der Waals surface area (Å²) in [7, 11) is 0. The van der Waals surface area contributed by atoms with Crippen molar-refractivity contribution in [2.24, 2.45) is 0 Å². The molecular weight excluding hydrogens is 301 g/mol. The molecule has 0 saturated heterocycles. The number of ketones is 1. The fourth-order valence-electron chi connectivity index (χ4n) is 1.65. The average molecular weight is 316 g/mol. The Morgan fingerprint density at radius 1 is 1.25 bits per heavy atom. The lowest BCUT2D eigenvalue weighted by atomic mass is 9.96. The van der Waals surface area contributed by atoms with Crippen molar-refractivity contribution < 1.29 is 14.3 Å². The first-order chi connectivity index (χ1) is 9.54. The molecule has 0 aliphatic rings. The number of hydrogen-bond acceptors (Lipinski definition) is 4. The van der Waals surface area contributed by atoms with E-state index in [1.807, 2.05) is 6.07 Å². The van der Waals surface area contributed by atoms with E-state index in [4.69, 9.17) is 32.7 Å². The molecule has 0 bridgehead atoms. The predicted octanol–water partition coefficient (Wildman–Crippen LogP) is 3.57. The monoisotopic (exact) mass is 315 g/mol. The molecule has 0 fully saturated rings. The highest BCUT2D eigenvalue weighted by Gasteiger charge is 2.29. The van der Waals surface area contributed by atoms with Gasteiger partial charge in [0, 0.05) is 13.2 Å². The lowest BCUT2D eigenvalue weighted by molar-refractivity contribution is -0.168. The molecule has 108 valence electrons. The van der Waals surface area contributed by atoms with Gasteiger partial charge < -0.3 is 9.47 Å². The number of rotatable bonds is 7. The molecule has 1 atom stereocenters. The predicted molar refractivity (Wildman–Crippen MR) is 76.9 cm³/mol. The average Bonchev–Trinajstić information content (AvgIpc) is 2.43. The van der Waals surface area contributed by atoms with Gasteiger partial charge in [-0.05, 0) is 31.5 Å². The summed E-state index contributed by atoms with van der Waals surface area (Å²) in [5, 5.41) is 9.90. The summed E-state index contributed by atoms with van der Waals surface area (Å²) in [4.78, 5) is 12.3. The SMILES string of the molecule is CCOC(OCC)C(=O)[C@@H](C#N)c1ccc(Cl)c(Cl)c1. The summed E-state index contributed by atoms with van der Waals surface area (Å²) < 4.78 is 10.4. The standard InChI is InChI=1S/C14H15Cl2NO3/c1-3-19-14(20-4-2)13(18)10(8-17)9-5-6-11(15)12(16)7-9/h5-7,10,14H,3-4H2,1-2H3/t10-/m0/s1. The molecule has 0 spiro atoms. The quantitative estimate of drug-likeness (QED) is 0.722. The molecule has 1 aromatic rings. The molecule has 0 aliphatic carbocycles. The summed E-state index contributed by atoms with van der Waals surface area (Å²) in [5.41, 5.74) is 0.469. The number of hydrogen-bond donors (Lipinski definition) is 0. The van der Waals surface area contributed by atoms with E-state index in [0.29, 0.717) is 28.8 Å². The van der Waals surface area contributed by atoms with E-state index in [0.717, 1.165) is 0 Å². The number of benzene rings is 1. The van der Waals surface area contributed by atoms with Crippen molar-refractivity contribution in [3.63, 3.8) is 0 Å². The van der Waals surface area contributed by atoms with Gasteiger partial charge in [0.15, 0.2) is 0 Å². The summed E-state index contributed by atoms with van der Waals surface area (Å²) in [6, 6.07) is 6.60. The highest BCUT2D eigenvalue weighted by molar-refractivity contribution is 6.42. The van der Waals surface area contributed by atoms with Gasteiger partial charge in [0.05, 0.1) is 16.1 Å². The van der Waals surface area contributed by atoms with Crippen molar-refractivity contribution in [3.8, 4) is 6.07 Å². The van der Waals surface area contributed by atoms with Crippen molar-refractivity contribution in [1.82, 2.24) is 0 Å². The van der Waals surface area contributed by atoms with E-state index in [1.54, 1.807) is 26.0 Å². The maximum absolute atomic E-state index is 12.3. The van der Waals surface area contributed by atoms with Crippen LogP contribution in [0.4, 0.5) is 0 Å². The van der Waals surface area contributed by atoms with Crippen LogP contribution in [0.15, 0.2) is 18.2 Å². The first-order valence-electron chi connectivity index (χ1n) is 6.16. The zero-order chi connectivity index (χ0) is 15.1. The minimum absolute atomic E-state index is 0.293. The normalized spacial score (nSPS) is 12.2. The van der Waals surface area contributed by atoms with Crippen LogP contribution < -0.4 is 0 Å². The van der Waals surface area contributed by atoms with E-state index in [-0.39, 0.29) is 0 Å². The Bertz CT molecular complexity index is 508. The Labute approximate surface area is 128 Å². The zero-order valence-electron chi connectivity index (χ0n) is 11.2. The number of nitrogens with zero attached hydrogens (tertiary/aromatic N) is 1. The second-order valence-corrected chi connectivity index (χ2v) is 4.70. The van der Waals surface area contributed by atoms with E-state index < -0.39 is 18.0 Å². The van der Waals surface area contributed by atoms with Crippen LogP contribution in [0.1, 0.15) is 25.3 Å². The van der Waals surface area contributed by atoms with Crippen molar-refractivity contribution in [2.45, 2.75) is 26.1 Å². The van der Waals surface area contributed by atoms with Crippen LogP contribution in [0.2, 0.25) is 10.0 Å². The van der Waals surface area contributed by atoms with Gasteiger partial charge in [0.2, 0.25) is 12.1 Å². The topological polar surface area (TPSA) is 59.3 Å². The largest absolute Gasteiger partial charge is 0.346 e. The zero-order valence-corrected chi connectivity index (χ0v) is 12.7. The van der Waals surface area contributed by atoms with Gasteiger partial charge in [-0.3, -0.25) is 4.79 Å². The highest BCUT2D eigenvalue weighted by atomic mass is 35.5. The molecule has 6 heteroatoms. The molecule has 0 aromatic heterocycles. The van der Waals surface area contributed by atoms with Crippen molar-refractivity contribution in [2.75, 3.05) is 13.2 Å². The fourth-order valence-corrected chi connectivity index (χ4v) is 1.95. The molecule has 0 radical (unpaired) electrons. The van der Waals surface area contributed by atoms with E-state index in [2.05, 4.69) is 0 Å². The fraction of sp³-hybridized carbons (Fsp3) is 0.429. The van der Waals surface area contributed by atoms with Gasteiger partial charge in [-0.1, -0.05) is 29.3 Å². The second kappa shape index (κ2) is 8.23. The first kappa shape index (κ1) is 16.9. The Morgan fingerprint density at radius 2 is 1.85 bits per heavy atom.